The van der Waals surface area contributed by atoms with Crippen LogP contribution in [0.15, 0.2) is 47.9 Å². The fraction of sp³-hybridized carbons (Fsp3) is 0.308. The second-order valence-electron chi connectivity index (χ2n) is 9.12. The minimum atomic E-state index is -1.82. The van der Waals surface area contributed by atoms with Gasteiger partial charge in [0.15, 0.2) is 5.75 Å². The van der Waals surface area contributed by atoms with Gasteiger partial charge in [-0.05, 0) is 24.1 Å². The lowest BCUT2D eigenvalue weighted by Crippen LogP contribution is -2.58. The predicted molar refractivity (Wildman–Crippen MR) is 133 cm³/mol. The molecule has 3 aromatic rings. The van der Waals surface area contributed by atoms with E-state index < -0.39 is 29.1 Å². The molecule has 6 rings (SSSR count). The highest BCUT2D eigenvalue weighted by atomic mass is 35.5. The van der Waals surface area contributed by atoms with E-state index in [0.717, 1.165) is 5.56 Å². The van der Waals surface area contributed by atoms with Crippen LogP contribution in [0.5, 0.6) is 23.0 Å². The molecule has 1 aromatic heterocycles. The molecule has 0 fully saturated rings. The first-order chi connectivity index (χ1) is 17.8. The fourth-order valence-electron chi connectivity index (χ4n) is 5.48. The summed E-state index contributed by atoms with van der Waals surface area (Å²) in [6.07, 6.45) is 1.78. The summed E-state index contributed by atoms with van der Waals surface area (Å²) in [5.41, 5.74) is 0.134. The highest BCUT2D eigenvalue weighted by Crippen LogP contribution is 2.55. The average molecular weight is 523 g/mol. The molecule has 3 atom stereocenters. The number of benzene rings is 2. The van der Waals surface area contributed by atoms with Crippen molar-refractivity contribution in [3.05, 3.63) is 64.1 Å². The molecule has 11 heteroatoms. The molecule has 1 N–H and O–H groups in total. The number of aromatic nitrogens is 3. The Balaban J connectivity index is 1.52. The summed E-state index contributed by atoms with van der Waals surface area (Å²) in [7, 11) is 4.47. The molecule has 0 saturated heterocycles. The number of fused-ring (bicyclic) bond motifs is 2. The van der Waals surface area contributed by atoms with Crippen LogP contribution in [-0.4, -0.2) is 53.3 Å². The largest absolute Gasteiger partial charge is 0.497 e. The molecule has 0 radical (unpaired) electrons. The van der Waals surface area contributed by atoms with E-state index in [2.05, 4.69) is 15.4 Å². The molecule has 3 aliphatic rings. The van der Waals surface area contributed by atoms with Crippen LogP contribution in [-0.2, 0) is 4.79 Å². The molecule has 10 nitrogen and oxygen atoms in total. The van der Waals surface area contributed by atoms with Crippen molar-refractivity contribution < 1.29 is 28.5 Å². The molecule has 0 amide bonds. The topological polar surface area (TPSA) is 114 Å². The molecule has 0 saturated carbocycles. The zero-order chi connectivity index (χ0) is 26.1. The maximum absolute atomic E-state index is 14.5. The summed E-state index contributed by atoms with van der Waals surface area (Å²) in [6, 6.07) is 8.23. The molecule has 3 heterocycles. The van der Waals surface area contributed by atoms with Gasteiger partial charge in [-0.25, -0.2) is 4.68 Å². The maximum Gasteiger partial charge on any atom is 0.236 e. The van der Waals surface area contributed by atoms with Crippen molar-refractivity contribution in [1.82, 2.24) is 14.8 Å². The summed E-state index contributed by atoms with van der Waals surface area (Å²) < 4.78 is 24.1. The average Bonchev–Trinajstić information content (AvgIpc) is 3.50. The second kappa shape index (κ2) is 8.24. The fourth-order valence-corrected chi connectivity index (χ4v) is 5.75. The molecule has 37 heavy (non-hydrogen) atoms. The molecule has 2 aliphatic heterocycles. The normalized spacial score (nSPS) is 23.7. The third-order valence-electron chi connectivity index (χ3n) is 7.32. The molecule has 0 unspecified atom stereocenters. The van der Waals surface area contributed by atoms with E-state index in [1.54, 1.807) is 11.8 Å². The zero-order valence-corrected chi connectivity index (χ0v) is 21.3. The van der Waals surface area contributed by atoms with Gasteiger partial charge in [0.2, 0.25) is 23.1 Å². The van der Waals surface area contributed by atoms with E-state index in [4.69, 9.17) is 30.5 Å². The molecule has 1 spiro atoms. The van der Waals surface area contributed by atoms with Gasteiger partial charge in [0.1, 0.15) is 40.2 Å². The number of nitrogens with zero attached hydrogens (tertiary/aromatic N) is 3. The minimum Gasteiger partial charge on any atom is -0.497 e. The van der Waals surface area contributed by atoms with Crippen LogP contribution in [0.2, 0.25) is 5.02 Å². The molecular formula is C26H23ClN4O6. The van der Waals surface area contributed by atoms with Crippen LogP contribution in [0.25, 0.3) is 0 Å². The number of rotatable bonds is 4. The first-order valence-corrected chi connectivity index (χ1v) is 12.0. The van der Waals surface area contributed by atoms with Crippen molar-refractivity contribution in [2.45, 2.75) is 25.0 Å². The van der Waals surface area contributed by atoms with Gasteiger partial charge in [-0.1, -0.05) is 30.7 Å². The lowest BCUT2D eigenvalue weighted by molar-refractivity contribution is -0.130. The third kappa shape index (κ3) is 3.05. The van der Waals surface area contributed by atoms with Gasteiger partial charge in [-0.15, -0.1) is 0 Å². The van der Waals surface area contributed by atoms with Crippen LogP contribution in [0.4, 0.5) is 5.95 Å². The highest BCUT2D eigenvalue weighted by molar-refractivity contribution is 6.36. The van der Waals surface area contributed by atoms with Crippen molar-refractivity contribution in [1.29, 1.82) is 0 Å². The predicted octanol–water partition coefficient (Wildman–Crippen LogP) is 3.85. The number of methoxy groups -OCH3 is 3. The SMILES string of the molecule is COc1ccc([C@H]2C3=C(C[C@@H](C)[C@]4(Oc5c(Cl)c(OC)cc(OC)c5C4=O)C3=O)Nc3ncnn32)cc1. The molecular weight excluding hydrogens is 500 g/mol. The smallest absolute Gasteiger partial charge is 0.236 e. The highest BCUT2D eigenvalue weighted by Gasteiger charge is 2.63. The number of Topliss-reactive ketones (excluding diaryl/α,β-unsaturated/α-hetero) is 2. The van der Waals surface area contributed by atoms with Crippen molar-refractivity contribution in [3.63, 3.8) is 0 Å². The summed E-state index contributed by atoms with van der Waals surface area (Å²) in [4.78, 5) is 33.0. The minimum absolute atomic E-state index is 0.0818. The number of carbonyl (C=O) groups excluding carboxylic acids is 2. The van der Waals surface area contributed by atoms with Gasteiger partial charge >= 0.3 is 0 Å². The molecule has 1 aliphatic carbocycles. The summed E-state index contributed by atoms with van der Waals surface area (Å²) >= 11 is 6.56. The number of hydrogen-bond acceptors (Lipinski definition) is 9. The number of halogens is 1. The van der Waals surface area contributed by atoms with Crippen LogP contribution < -0.4 is 24.3 Å². The number of nitrogens with one attached hydrogen (secondary N) is 1. The molecule has 2 aromatic carbocycles. The Morgan fingerprint density at radius 3 is 2.49 bits per heavy atom. The van der Waals surface area contributed by atoms with E-state index >= 15 is 0 Å². The first kappa shape index (κ1) is 23.4. The number of anilines is 1. The molecule has 190 valence electrons. The van der Waals surface area contributed by atoms with Crippen LogP contribution in [0.3, 0.4) is 0 Å². The van der Waals surface area contributed by atoms with E-state index in [9.17, 15) is 9.59 Å². The van der Waals surface area contributed by atoms with Crippen molar-refractivity contribution in [3.8, 4) is 23.0 Å². The Morgan fingerprint density at radius 2 is 1.81 bits per heavy atom. The standard InChI is InChI=1S/C26H23ClN4O6/c1-12-9-15-18(21(31-25(30-15)28-11-29-31)13-5-7-14(34-2)8-6-13)23(32)26(12)24(33)19-16(35-3)10-17(36-4)20(27)22(19)37-26/h5-8,10-12,21H,9H2,1-4H3,(H,28,29,30)/t12-,21+,26+/m1/s1. The monoisotopic (exact) mass is 522 g/mol. The van der Waals surface area contributed by atoms with Gasteiger partial charge < -0.3 is 24.3 Å². The van der Waals surface area contributed by atoms with Gasteiger partial charge in [0, 0.05) is 23.3 Å². The lowest BCUT2D eigenvalue weighted by Gasteiger charge is -2.41. The number of hydrogen-bond donors (Lipinski definition) is 1. The van der Waals surface area contributed by atoms with Gasteiger partial charge in [-0.2, -0.15) is 10.1 Å². The van der Waals surface area contributed by atoms with Gasteiger partial charge in [0.05, 0.1) is 21.3 Å². The van der Waals surface area contributed by atoms with Crippen molar-refractivity contribution >= 4 is 29.1 Å². The number of ketones is 2. The zero-order valence-electron chi connectivity index (χ0n) is 20.5. The second-order valence-corrected chi connectivity index (χ2v) is 9.50. The maximum atomic E-state index is 14.5. The van der Waals surface area contributed by atoms with E-state index in [0.29, 0.717) is 29.4 Å². The van der Waals surface area contributed by atoms with E-state index in [1.807, 2.05) is 31.2 Å². The summed E-state index contributed by atoms with van der Waals surface area (Å²) in [5.74, 6) is 0.283. The summed E-state index contributed by atoms with van der Waals surface area (Å²) in [6.45, 7) is 1.81. The Labute approximate surface area is 217 Å². The lowest BCUT2D eigenvalue weighted by atomic mass is 9.69. The summed E-state index contributed by atoms with van der Waals surface area (Å²) in [5, 5.41) is 7.73. The van der Waals surface area contributed by atoms with Crippen LogP contribution in [0, 0.1) is 5.92 Å². The number of carbonyl (C=O) groups is 2. The van der Waals surface area contributed by atoms with Gasteiger partial charge in [0.25, 0.3) is 0 Å². The van der Waals surface area contributed by atoms with Crippen molar-refractivity contribution in [2.75, 3.05) is 26.6 Å². The van der Waals surface area contributed by atoms with E-state index in [-0.39, 0.29) is 27.8 Å². The van der Waals surface area contributed by atoms with Crippen molar-refractivity contribution in [2.24, 2.45) is 5.92 Å². The third-order valence-corrected chi connectivity index (χ3v) is 7.67. The van der Waals surface area contributed by atoms with Gasteiger partial charge in [-0.3, -0.25) is 9.59 Å². The van der Waals surface area contributed by atoms with E-state index in [1.165, 1.54) is 26.6 Å². The Morgan fingerprint density at radius 1 is 1.08 bits per heavy atom. The Hall–Kier alpha value is -4.05. The first-order valence-electron chi connectivity index (χ1n) is 11.6. The van der Waals surface area contributed by atoms with Crippen LogP contribution in [0.1, 0.15) is 35.3 Å². The molecule has 0 bridgehead atoms. The van der Waals surface area contributed by atoms with Crippen LogP contribution >= 0.6 is 11.6 Å². The Kier molecular flexibility index (Phi) is 5.20. The number of ether oxygens (including phenoxy) is 4. The number of allylic oxidation sites excluding steroid dienone is 1. The Bertz CT molecular complexity index is 1500. The quantitative estimate of drug-likeness (QED) is 0.510.